The monoisotopic (exact) mass is 320 g/mol. The summed E-state index contributed by atoms with van der Waals surface area (Å²) >= 11 is 0. The molecule has 4 rings (SSSR count). The Morgan fingerprint density at radius 1 is 1.17 bits per heavy atom. The van der Waals surface area contributed by atoms with Crippen molar-refractivity contribution in [1.82, 2.24) is 14.5 Å². The maximum Gasteiger partial charge on any atom is 0.139 e. The van der Waals surface area contributed by atoms with E-state index in [0.717, 1.165) is 24.0 Å². The molecule has 2 fully saturated rings. The van der Waals surface area contributed by atoms with Crippen LogP contribution >= 0.6 is 0 Å². The number of benzene rings is 1. The minimum Gasteiger partial charge on any atom is -0.331 e. The number of imidazole rings is 1. The molecule has 2 aromatic rings. The van der Waals surface area contributed by atoms with E-state index in [0.29, 0.717) is 11.5 Å². The Morgan fingerprint density at radius 3 is 3.00 bits per heavy atom. The van der Waals surface area contributed by atoms with Crippen molar-refractivity contribution in [2.75, 3.05) is 13.1 Å². The second-order valence-electron chi connectivity index (χ2n) is 7.10. The largest absolute Gasteiger partial charge is 0.331 e. The molecule has 0 N–H and O–H groups in total. The second-order valence-corrected chi connectivity index (χ2v) is 7.10. The zero-order valence-electron chi connectivity index (χ0n) is 14.1. The Bertz CT molecular complexity index is 740. The van der Waals surface area contributed by atoms with Crippen LogP contribution in [0.2, 0.25) is 0 Å². The predicted octanol–water partition coefficient (Wildman–Crippen LogP) is 3.69. The highest BCUT2D eigenvalue weighted by atomic mass is 15.2. The Labute approximate surface area is 143 Å². The topological polar surface area (TPSA) is 44.9 Å². The summed E-state index contributed by atoms with van der Waals surface area (Å²) in [6.07, 6.45) is 10.7. The van der Waals surface area contributed by atoms with Crippen molar-refractivity contribution in [2.24, 2.45) is 5.92 Å². The lowest BCUT2D eigenvalue weighted by molar-refractivity contribution is 0.0521. The van der Waals surface area contributed by atoms with Crippen molar-refractivity contribution in [3.05, 3.63) is 42.2 Å². The van der Waals surface area contributed by atoms with Crippen molar-refractivity contribution in [3.8, 4) is 17.5 Å². The first-order chi connectivity index (χ1) is 11.8. The molecular weight excluding hydrogens is 296 g/mol. The molecule has 124 valence electrons. The standard InChI is InChI=1S/C20H24N4/c21-14-16-5-3-6-17(13-16)20-22-9-12-24(20)15-18-7-4-11-23-10-2-1-8-19(18)23/h3,5-6,9,12-13,18-19H,1-2,4,7-8,10-11,15H2/t18-,19+/m0/s1. The molecule has 3 heterocycles. The van der Waals surface area contributed by atoms with Crippen molar-refractivity contribution in [2.45, 2.75) is 44.7 Å². The van der Waals surface area contributed by atoms with E-state index in [9.17, 15) is 0 Å². The highest BCUT2D eigenvalue weighted by Crippen LogP contribution is 2.32. The highest BCUT2D eigenvalue weighted by molar-refractivity contribution is 5.58. The molecule has 0 saturated carbocycles. The van der Waals surface area contributed by atoms with Gasteiger partial charge in [0.25, 0.3) is 0 Å². The van der Waals surface area contributed by atoms with Crippen LogP contribution in [0.5, 0.6) is 0 Å². The van der Waals surface area contributed by atoms with Gasteiger partial charge in [-0.3, -0.25) is 0 Å². The summed E-state index contributed by atoms with van der Waals surface area (Å²) in [5.74, 6) is 1.70. The molecule has 24 heavy (non-hydrogen) atoms. The molecule has 1 aromatic carbocycles. The number of aromatic nitrogens is 2. The van der Waals surface area contributed by atoms with E-state index in [4.69, 9.17) is 5.26 Å². The third-order valence-electron chi connectivity index (χ3n) is 5.63. The minimum absolute atomic E-state index is 0.693. The Morgan fingerprint density at radius 2 is 2.08 bits per heavy atom. The lowest BCUT2D eigenvalue weighted by Crippen LogP contribution is -2.49. The summed E-state index contributed by atoms with van der Waals surface area (Å²) < 4.78 is 2.29. The zero-order chi connectivity index (χ0) is 16.4. The molecule has 2 aliphatic rings. The number of nitriles is 1. The van der Waals surface area contributed by atoms with Crippen LogP contribution < -0.4 is 0 Å². The highest BCUT2D eigenvalue weighted by Gasteiger charge is 2.33. The van der Waals surface area contributed by atoms with Gasteiger partial charge in [-0.2, -0.15) is 5.26 Å². The average Bonchev–Trinajstić information content (AvgIpc) is 3.10. The van der Waals surface area contributed by atoms with Crippen molar-refractivity contribution >= 4 is 0 Å². The second kappa shape index (κ2) is 6.78. The van der Waals surface area contributed by atoms with Crippen LogP contribution in [0.15, 0.2) is 36.7 Å². The first-order valence-corrected chi connectivity index (χ1v) is 9.11. The number of hydrogen-bond donors (Lipinski definition) is 0. The fraction of sp³-hybridized carbons (Fsp3) is 0.500. The predicted molar refractivity (Wildman–Crippen MR) is 94.3 cm³/mol. The van der Waals surface area contributed by atoms with E-state index < -0.39 is 0 Å². The fourth-order valence-electron chi connectivity index (χ4n) is 4.49. The zero-order valence-corrected chi connectivity index (χ0v) is 14.1. The van der Waals surface area contributed by atoms with Crippen LogP contribution in [0, 0.1) is 17.2 Å². The Kier molecular flexibility index (Phi) is 4.36. The van der Waals surface area contributed by atoms with Crippen LogP contribution in [0.3, 0.4) is 0 Å². The van der Waals surface area contributed by atoms with Crippen molar-refractivity contribution in [3.63, 3.8) is 0 Å². The molecule has 0 aliphatic carbocycles. The lowest BCUT2D eigenvalue weighted by atomic mass is 9.83. The van der Waals surface area contributed by atoms with Gasteiger partial charge in [0, 0.05) is 30.5 Å². The van der Waals surface area contributed by atoms with Crippen LogP contribution in [0.25, 0.3) is 11.4 Å². The third-order valence-corrected chi connectivity index (χ3v) is 5.63. The van der Waals surface area contributed by atoms with Gasteiger partial charge in [-0.05, 0) is 56.8 Å². The number of fused-ring (bicyclic) bond motifs is 1. The first-order valence-electron chi connectivity index (χ1n) is 9.11. The quantitative estimate of drug-likeness (QED) is 0.866. The van der Waals surface area contributed by atoms with Gasteiger partial charge < -0.3 is 9.47 Å². The van der Waals surface area contributed by atoms with E-state index in [1.165, 1.54) is 45.2 Å². The molecular formula is C20H24N4. The lowest BCUT2D eigenvalue weighted by Gasteiger charge is -2.44. The summed E-state index contributed by atoms with van der Waals surface area (Å²) in [6.45, 7) is 3.59. The molecule has 0 bridgehead atoms. The molecule has 0 unspecified atom stereocenters. The average molecular weight is 320 g/mol. The molecule has 0 amide bonds. The summed E-state index contributed by atoms with van der Waals surface area (Å²) in [5.41, 5.74) is 1.73. The van der Waals surface area contributed by atoms with Gasteiger partial charge in [0.05, 0.1) is 11.6 Å². The molecule has 2 atom stereocenters. The SMILES string of the molecule is N#Cc1cccc(-c2nccn2C[C@@H]2CCCN3CCCC[C@H]23)c1. The van der Waals surface area contributed by atoms with Crippen LogP contribution in [0.1, 0.15) is 37.7 Å². The Hall–Kier alpha value is -2.12. The van der Waals surface area contributed by atoms with E-state index in [1.807, 2.05) is 30.5 Å². The number of rotatable bonds is 3. The molecule has 0 spiro atoms. The first kappa shape index (κ1) is 15.4. The summed E-state index contributed by atoms with van der Waals surface area (Å²) in [7, 11) is 0. The van der Waals surface area contributed by atoms with E-state index >= 15 is 0 Å². The minimum atomic E-state index is 0.693. The fourth-order valence-corrected chi connectivity index (χ4v) is 4.49. The molecule has 2 aliphatic heterocycles. The van der Waals surface area contributed by atoms with Crippen LogP contribution in [-0.2, 0) is 6.54 Å². The Balaban J connectivity index is 1.57. The summed E-state index contributed by atoms with van der Waals surface area (Å²) in [5, 5.41) is 9.14. The number of nitrogens with zero attached hydrogens (tertiary/aromatic N) is 4. The molecule has 0 radical (unpaired) electrons. The van der Waals surface area contributed by atoms with Gasteiger partial charge in [0.1, 0.15) is 5.82 Å². The van der Waals surface area contributed by atoms with Gasteiger partial charge in [-0.15, -0.1) is 0 Å². The van der Waals surface area contributed by atoms with E-state index in [-0.39, 0.29) is 0 Å². The molecule has 4 nitrogen and oxygen atoms in total. The van der Waals surface area contributed by atoms with Gasteiger partial charge in [0.2, 0.25) is 0 Å². The van der Waals surface area contributed by atoms with E-state index in [2.05, 4.69) is 26.7 Å². The molecule has 1 aromatic heterocycles. The number of piperidine rings is 2. The van der Waals surface area contributed by atoms with Crippen molar-refractivity contribution < 1.29 is 0 Å². The molecule has 4 heteroatoms. The smallest absolute Gasteiger partial charge is 0.139 e. The normalized spacial score (nSPS) is 24.3. The van der Waals surface area contributed by atoms with Crippen LogP contribution in [-0.4, -0.2) is 33.6 Å². The van der Waals surface area contributed by atoms with Gasteiger partial charge in [-0.1, -0.05) is 18.6 Å². The maximum absolute atomic E-state index is 9.14. The summed E-state index contributed by atoms with van der Waals surface area (Å²) in [4.78, 5) is 7.28. The van der Waals surface area contributed by atoms with Gasteiger partial charge in [-0.25, -0.2) is 4.98 Å². The third kappa shape index (κ3) is 2.97. The summed E-state index contributed by atoms with van der Waals surface area (Å²) in [6, 6.07) is 10.7. The van der Waals surface area contributed by atoms with Gasteiger partial charge in [0.15, 0.2) is 0 Å². The number of hydrogen-bond acceptors (Lipinski definition) is 3. The van der Waals surface area contributed by atoms with Crippen LogP contribution in [0.4, 0.5) is 0 Å². The maximum atomic E-state index is 9.14. The van der Waals surface area contributed by atoms with Crippen molar-refractivity contribution in [1.29, 1.82) is 5.26 Å². The molecule has 2 saturated heterocycles. The van der Waals surface area contributed by atoms with E-state index in [1.54, 1.807) is 0 Å². The van der Waals surface area contributed by atoms with Gasteiger partial charge >= 0.3 is 0 Å².